The number of thiazole rings is 1. The fourth-order valence-corrected chi connectivity index (χ4v) is 2.48. The van der Waals surface area contributed by atoms with E-state index in [9.17, 15) is 4.79 Å². The number of aldehydes is 1. The van der Waals surface area contributed by atoms with Crippen LogP contribution in [-0.4, -0.2) is 26.3 Å². The normalized spacial score (nSPS) is 11.1. The molecule has 0 amide bonds. The largest absolute Gasteiger partial charge is 0.296 e. The van der Waals surface area contributed by atoms with Crippen molar-refractivity contribution in [3.63, 3.8) is 0 Å². The Labute approximate surface area is 129 Å². The van der Waals surface area contributed by atoms with Crippen LogP contribution in [0.1, 0.15) is 21.7 Å². The molecule has 0 bridgehead atoms. The van der Waals surface area contributed by atoms with Crippen LogP contribution in [0.3, 0.4) is 0 Å². The minimum Gasteiger partial charge on any atom is -0.296 e. The minimum absolute atomic E-state index is 0.274. The van der Waals surface area contributed by atoms with E-state index in [1.54, 1.807) is 29.1 Å². The van der Waals surface area contributed by atoms with Crippen LogP contribution in [0.25, 0.3) is 17.3 Å². The molecule has 0 saturated carbocycles. The predicted molar refractivity (Wildman–Crippen MR) is 82.8 cm³/mol. The predicted octanol–water partition coefficient (Wildman–Crippen LogP) is 3.36. The zero-order chi connectivity index (χ0) is 14.7. The Morgan fingerprint density at radius 3 is 2.67 bits per heavy atom. The maximum absolute atomic E-state index is 11.1. The molecule has 1 aromatic carbocycles. The molecular formula is C14H9ClN4OS. The maximum atomic E-state index is 11.1. The number of hydrogen-bond donors (Lipinski definition) is 0. The van der Waals surface area contributed by atoms with Gasteiger partial charge >= 0.3 is 0 Å². The van der Waals surface area contributed by atoms with Crippen LogP contribution < -0.4 is 0 Å². The molecule has 3 rings (SSSR count). The molecule has 0 unspecified atom stereocenters. The zero-order valence-corrected chi connectivity index (χ0v) is 12.3. The Bertz CT molecular complexity index is 778. The van der Waals surface area contributed by atoms with E-state index in [1.807, 2.05) is 23.6 Å². The number of benzene rings is 1. The lowest BCUT2D eigenvalue weighted by Gasteiger charge is -1.98. The van der Waals surface area contributed by atoms with Crippen molar-refractivity contribution in [2.75, 3.05) is 0 Å². The van der Waals surface area contributed by atoms with Crippen molar-refractivity contribution in [1.82, 2.24) is 20.0 Å². The topological polar surface area (TPSA) is 60.7 Å². The van der Waals surface area contributed by atoms with E-state index in [1.165, 1.54) is 11.3 Å². The molecule has 104 valence electrons. The van der Waals surface area contributed by atoms with Gasteiger partial charge < -0.3 is 0 Å². The number of aromatic nitrogens is 4. The quantitative estimate of drug-likeness (QED) is 0.692. The van der Waals surface area contributed by atoms with E-state index in [0.717, 1.165) is 5.56 Å². The van der Waals surface area contributed by atoms with Gasteiger partial charge in [0, 0.05) is 16.6 Å². The van der Waals surface area contributed by atoms with Gasteiger partial charge in [-0.3, -0.25) is 4.79 Å². The average molecular weight is 317 g/mol. The number of rotatable bonds is 4. The van der Waals surface area contributed by atoms with E-state index in [-0.39, 0.29) is 5.69 Å². The van der Waals surface area contributed by atoms with Crippen LogP contribution in [0.5, 0.6) is 0 Å². The van der Waals surface area contributed by atoms with Crippen molar-refractivity contribution >= 4 is 41.4 Å². The first kappa shape index (κ1) is 13.7. The molecule has 0 spiro atoms. The first-order valence-electron chi connectivity index (χ1n) is 6.02. The number of halogens is 1. The first-order chi connectivity index (χ1) is 10.3. The lowest BCUT2D eigenvalue weighted by Crippen LogP contribution is -1.98. The molecule has 0 saturated heterocycles. The summed E-state index contributed by atoms with van der Waals surface area (Å²) in [4.78, 5) is 15.3. The van der Waals surface area contributed by atoms with Crippen molar-refractivity contribution in [2.24, 2.45) is 0 Å². The van der Waals surface area contributed by atoms with Crippen LogP contribution in [0.15, 0.2) is 35.8 Å². The molecule has 7 heteroatoms. The molecule has 0 aliphatic heterocycles. The second kappa shape index (κ2) is 5.99. The second-order valence-electron chi connectivity index (χ2n) is 4.09. The van der Waals surface area contributed by atoms with Crippen LogP contribution in [-0.2, 0) is 0 Å². The van der Waals surface area contributed by atoms with Gasteiger partial charge in [-0.1, -0.05) is 35.0 Å². The van der Waals surface area contributed by atoms with Gasteiger partial charge in [0.15, 0.2) is 12.0 Å². The molecule has 5 nitrogen and oxygen atoms in total. The fourth-order valence-electron chi connectivity index (χ4n) is 1.75. The van der Waals surface area contributed by atoms with Gasteiger partial charge in [0.05, 0.1) is 0 Å². The molecule has 0 fully saturated rings. The molecule has 0 aliphatic rings. The first-order valence-corrected chi connectivity index (χ1v) is 7.28. The molecule has 2 heterocycles. The van der Waals surface area contributed by atoms with Crippen LogP contribution >= 0.6 is 22.9 Å². The van der Waals surface area contributed by atoms with Gasteiger partial charge in [-0.05, 0) is 23.8 Å². The monoisotopic (exact) mass is 316 g/mol. The third-order valence-electron chi connectivity index (χ3n) is 2.75. The lowest BCUT2D eigenvalue weighted by molar-refractivity contribution is 0.111. The highest BCUT2D eigenvalue weighted by molar-refractivity contribution is 7.12. The molecule has 3 aromatic rings. The summed E-state index contributed by atoms with van der Waals surface area (Å²) >= 11 is 7.27. The molecular weight excluding hydrogens is 308 g/mol. The van der Waals surface area contributed by atoms with Crippen molar-refractivity contribution in [1.29, 1.82) is 0 Å². The number of carbonyl (C=O) groups excluding carboxylic acids is 1. The van der Waals surface area contributed by atoms with Crippen molar-refractivity contribution in [2.45, 2.75) is 0 Å². The summed E-state index contributed by atoms with van der Waals surface area (Å²) in [6.07, 6.45) is 6.01. The minimum atomic E-state index is 0.274. The van der Waals surface area contributed by atoms with Crippen LogP contribution in [0.2, 0.25) is 5.02 Å². The highest BCUT2D eigenvalue weighted by Gasteiger charge is 2.12. The van der Waals surface area contributed by atoms with Gasteiger partial charge in [0.1, 0.15) is 5.69 Å². The van der Waals surface area contributed by atoms with E-state index in [4.69, 9.17) is 11.6 Å². The van der Waals surface area contributed by atoms with Gasteiger partial charge in [-0.25, -0.2) is 4.98 Å². The summed E-state index contributed by atoms with van der Waals surface area (Å²) in [5.74, 6) is 0. The number of nitrogens with zero attached hydrogens (tertiary/aromatic N) is 4. The van der Waals surface area contributed by atoms with Gasteiger partial charge in [0.25, 0.3) is 0 Å². The molecule has 21 heavy (non-hydrogen) atoms. The summed E-state index contributed by atoms with van der Waals surface area (Å²) in [6, 6.07) is 7.38. The van der Waals surface area contributed by atoms with Gasteiger partial charge in [-0.15, -0.1) is 16.4 Å². The molecule has 0 atom stereocenters. The van der Waals surface area contributed by atoms with E-state index >= 15 is 0 Å². The van der Waals surface area contributed by atoms with E-state index < -0.39 is 0 Å². The Morgan fingerprint density at radius 2 is 2.00 bits per heavy atom. The van der Waals surface area contributed by atoms with Crippen molar-refractivity contribution in [3.05, 3.63) is 57.8 Å². The van der Waals surface area contributed by atoms with E-state index in [2.05, 4.69) is 15.3 Å². The Morgan fingerprint density at radius 1 is 1.19 bits per heavy atom. The zero-order valence-electron chi connectivity index (χ0n) is 10.7. The molecule has 0 aliphatic carbocycles. The third kappa shape index (κ3) is 2.91. The molecule has 2 aromatic heterocycles. The number of carbonyl (C=O) groups is 1. The van der Waals surface area contributed by atoms with Gasteiger partial charge in [-0.2, -0.15) is 4.68 Å². The standard InChI is InChI=1S/C14H9ClN4OS/c15-11-4-1-10(2-5-11)3-6-13-12(9-20)17-18-19(13)14-16-7-8-21-14/h1-9H/b6-3+. The highest BCUT2D eigenvalue weighted by atomic mass is 35.5. The van der Waals surface area contributed by atoms with Crippen LogP contribution in [0, 0.1) is 0 Å². The Kier molecular flexibility index (Phi) is 3.89. The van der Waals surface area contributed by atoms with E-state index in [0.29, 0.717) is 22.1 Å². The Hall–Kier alpha value is -2.31. The fraction of sp³-hybridized carbons (Fsp3) is 0. The summed E-state index contributed by atoms with van der Waals surface area (Å²) in [6.45, 7) is 0. The lowest BCUT2D eigenvalue weighted by atomic mass is 10.2. The second-order valence-corrected chi connectivity index (χ2v) is 5.40. The average Bonchev–Trinajstić information content (AvgIpc) is 3.15. The molecule has 0 N–H and O–H groups in total. The summed E-state index contributed by atoms with van der Waals surface area (Å²) in [5.41, 5.74) is 1.83. The van der Waals surface area contributed by atoms with Gasteiger partial charge in [0.2, 0.25) is 5.13 Å². The summed E-state index contributed by atoms with van der Waals surface area (Å²) in [5, 5.41) is 11.0. The van der Waals surface area contributed by atoms with Crippen molar-refractivity contribution in [3.8, 4) is 5.13 Å². The summed E-state index contributed by atoms with van der Waals surface area (Å²) < 4.78 is 1.54. The molecule has 0 radical (unpaired) electrons. The SMILES string of the molecule is O=Cc1nnn(-c2nccs2)c1/C=C/c1ccc(Cl)cc1. The van der Waals surface area contributed by atoms with Crippen LogP contribution in [0.4, 0.5) is 0 Å². The maximum Gasteiger partial charge on any atom is 0.212 e. The Balaban J connectivity index is 1.99. The highest BCUT2D eigenvalue weighted by Crippen LogP contribution is 2.17. The smallest absolute Gasteiger partial charge is 0.212 e. The van der Waals surface area contributed by atoms with Crippen molar-refractivity contribution < 1.29 is 4.79 Å². The summed E-state index contributed by atoms with van der Waals surface area (Å²) in [7, 11) is 0. The number of hydrogen-bond acceptors (Lipinski definition) is 5. The third-order valence-corrected chi connectivity index (χ3v) is 3.75.